The number of likely N-dealkylation sites (N-methyl/N-ethyl adjacent to an activating group) is 1. The Balaban J connectivity index is 2.47. The van der Waals surface area contributed by atoms with Gasteiger partial charge in [0.1, 0.15) is 0 Å². The van der Waals surface area contributed by atoms with Crippen molar-refractivity contribution < 1.29 is 5.11 Å². The van der Waals surface area contributed by atoms with E-state index in [0.717, 1.165) is 12.1 Å². The van der Waals surface area contributed by atoms with E-state index in [1.165, 1.54) is 4.88 Å². The average molecular weight is 185 g/mol. The third-order valence-electron chi connectivity index (χ3n) is 1.72. The topological polar surface area (TPSA) is 32.3 Å². The van der Waals surface area contributed by atoms with Crippen LogP contribution in [0.15, 0.2) is 11.4 Å². The average Bonchev–Trinajstić information content (AvgIpc) is 2.47. The van der Waals surface area contributed by atoms with Crippen LogP contribution in [0.25, 0.3) is 0 Å². The minimum absolute atomic E-state index is 0.352. The summed E-state index contributed by atoms with van der Waals surface area (Å²) in [7, 11) is 0. The van der Waals surface area contributed by atoms with Crippen LogP contribution < -0.4 is 5.32 Å². The van der Waals surface area contributed by atoms with E-state index in [9.17, 15) is 5.11 Å². The van der Waals surface area contributed by atoms with Crippen molar-refractivity contribution in [2.45, 2.75) is 20.0 Å². The van der Waals surface area contributed by atoms with E-state index in [1.54, 1.807) is 11.3 Å². The van der Waals surface area contributed by atoms with E-state index in [4.69, 9.17) is 0 Å². The maximum Gasteiger partial charge on any atom is 0.0922 e. The Kier molecular flexibility index (Phi) is 3.72. The molecule has 0 saturated heterocycles. The van der Waals surface area contributed by atoms with Gasteiger partial charge in [-0.05, 0) is 30.5 Å². The SMILES string of the molecule is CCNCC(O)c1csc(C)c1. The number of aliphatic hydroxyl groups excluding tert-OH is 1. The lowest BCUT2D eigenvalue weighted by atomic mass is 10.2. The van der Waals surface area contributed by atoms with Gasteiger partial charge in [-0.25, -0.2) is 0 Å². The van der Waals surface area contributed by atoms with Gasteiger partial charge in [0.15, 0.2) is 0 Å². The third kappa shape index (κ3) is 2.59. The number of hydrogen-bond donors (Lipinski definition) is 2. The highest BCUT2D eigenvalue weighted by atomic mass is 32.1. The van der Waals surface area contributed by atoms with Gasteiger partial charge in [-0.3, -0.25) is 0 Å². The molecule has 0 amide bonds. The Bertz CT molecular complexity index is 234. The van der Waals surface area contributed by atoms with Crippen LogP contribution in [-0.4, -0.2) is 18.2 Å². The molecule has 1 heterocycles. The zero-order valence-electron chi connectivity index (χ0n) is 7.50. The van der Waals surface area contributed by atoms with E-state index >= 15 is 0 Å². The highest BCUT2D eigenvalue weighted by Gasteiger charge is 2.07. The Hall–Kier alpha value is -0.380. The second kappa shape index (κ2) is 4.60. The highest BCUT2D eigenvalue weighted by Crippen LogP contribution is 2.19. The Morgan fingerprint density at radius 3 is 2.92 bits per heavy atom. The van der Waals surface area contributed by atoms with Crippen molar-refractivity contribution in [2.75, 3.05) is 13.1 Å². The summed E-state index contributed by atoms with van der Waals surface area (Å²) in [5.74, 6) is 0. The summed E-state index contributed by atoms with van der Waals surface area (Å²) in [5, 5.41) is 14.7. The van der Waals surface area contributed by atoms with Crippen LogP contribution in [0.4, 0.5) is 0 Å². The van der Waals surface area contributed by atoms with Gasteiger partial charge in [0.2, 0.25) is 0 Å². The molecule has 1 aromatic rings. The van der Waals surface area contributed by atoms with Crippen molar-refractivity contribution in [2.24, 2.45) is 0 Å². The van der Waals surface area contributed by atoms with E-state index in [2.05, 4.69) is 5.32 Å². The standard InChI is InChI=1S/C9H15NOS/c1-3-10-5-9(11)8-4-7(2)12-6-8/h4,6,9-11H,3,5H2,1-2H3. The summed E-state index contributed by atoms with van der Waals surface area (Å²) >= 11 is 1.68. The molecule has 0 bridgehead atoms. The molecule has 2 nitrogen and oxygen atoms in total. The van der Waals surface area contributed by atoms with Gasteiger partial charge in [-0.1, -0.05) is 6.92 Å². The van der Waals surface area contributed by atoms with E-state index < -0.39 is 0 Å². The van der Waals surface area contributed by atoms with Crippen LogP contribution >= 0.6 is 11.3 Å². The minimum Gasteiger partial charge on any atom is -0.387 e. The molecule has 0 saturated carbocycles. The first kappa shape index (κ1) is 9.71. The molecule has 1 aromatic heterocycles. The molecular weight excluding hydrogens is 170 g/mol. The predicted octanol–water partition coefficient (Wildman–Crippen LogP) is 1.70. The molecule has 2 N–H and O–H groups in total. The van der Waals surface area contributed by atoms with E-state index in [-0.39, 0.29) is 6.10 Å². The second-order valence-corrected chi connectivity index (χ2v) is 3.93. The maximum atomic E-state index is 9.61. The smallest absolute Gasteiger partial charge is 0.0922 e. The van der Waals surface area contributed by atoms with Gasteiger partial charge in [0, 0.05) is 11.4 Å². The lowest BCUT2D eigenvalue weighted by Gasteiger charge is -2.08. The van der Waals surface area contributed by atoms with Crippen LogP contribution in [-0.2, 0) is 0 Å². The number of aryl methyl sites for hydroxylation is 1. The molecule has 0 spiro atoms. The summed E-state index contributed by atoms with van der Waals surface area (Å²) < 4.78 is 0. The van der Waals surface area contributed by atoms with Crippen molar-refractivity contribution in [1.82, 2.24) is 5.32 Å². The van der Waals surface area contributed by atoms with E-state index in [1.807, 2.05) is 25.3 Å². The fourth-order valence-electron chi connectivity index (χ4n) is 1.04. The third-order valence-corrected chi connectivity index (χ3v) is 2.60. The minimum atomic E-state index is -0.352. The van der Waals surface area contributed by atoms with Gasteiger partial charge in [0.05, 0.1) is 6.10 Å². The first-order valence-corrected chi connectivity index (χ1v) is 5.05. The number of hydrogen-bond acceptors (Lipinski definition) is 3. The molecule has 1 unspecified atom stereocenters. The summed E-state index contributed by atoms with van der Waals surface area (Å²) in [6, 6.07) is 2.03. The van der Waals surface area contributed by atoms with Crippen molar-refractivity contribution in [1.29, 1.82) is 0 Å². The van der Waals surface area contributed by atoms with E-state index in [0.29, 0.717) is 6.54 Å². The molecule has 0 radical (unpaired) electrons. The van der Waals surface area contributed by atoms with Crippen LogP contribution in [0.2, 0.25) is 0 Å². The predicted molar refractivity (Wildman–Crippen MR) is 52.6 cm³/mol. The summed E-state index contributed by atoms with van der Waals surface area (Å²) in [6.45, 7) is 5.63. The molecule has 0 aliphatic heterocycles. The number of rotatable bonds is 4. The summed E-state index contributed by atoms with van der Waals surface area (Å²) in [6.07, 6.45) is -0.352. The lowest BCUT2D eigenvalue weighted by molar-refractivity contribution is 0.176. The molecule has 0 fully saturated rings. The van der Waals surface area contributed by atoms with Crippen molar-refractivity contribution in [3.8, 4) is 0 Å². The molecule has 12 heavy (non-hydrogen) atoms. The first-order chi connectivity index (χ1) is 5.74. The summed E-state index contributed by atoms with van der Waals surface area (Å²) in [5.41, 5.74) is 1.03. The van der Waals surface area contributed by atoms with Gasteiger partial charge < -0.3 is 10.4 Å². The molecular formula is C9H15NOS. The molecule has 0 aliphatic carbocycles. The quantitative estimate of drug-likeness (QED) is 0.748. The number of aliphatic hydroxyl groups is 1. The normalized spacial score (nSPS) is 13.2. The fraction of sp³-hybridized carbons (Fsp3) is 0.556. The number of thiophene rings is 1. The first-order valence-electron chi connectivity index (χ1n) is 4.18. The highest BCUT2D eigenvalue weighted by molar-refractivity contribution is 7.10. The molecule has 0 aromatic carbocycles. The maximum absolute atomic E-state index is 9.61. The monoisotopic (exact) mass is 185 g/mol. The van der Waals surface area contributed by atoms with Crippen molar-refractivity contribution in [3.05, 3.63) is 21.9 Å². The fourth-order valence-corrected chi connectivity index (χ4v) is 1.79. The van der Waals surface area contributed by atoms with Crippen LogP contribution in [0.3, 0.4) is 0 Å². The molecule has 3 heteroatoms. The Labute approximate surface area is 77.2 Å². The molecule has 1 atom stereocenters. The van der Waals surface area contributed by atoms with Crippen LogP contribution in [0, 0.1) is 6.92 Å². The zero-order valence-corrected chi connectivity index (χ0v) is 8.32. The van der Waals surface area contributed by atoms with Gasteiger partial charge in [-0.2, -0.15) is 0 Å². The van der Waals surface area contributed by atoms with Gasteiger partial charge in [-0.15, -0.1) is 11.3 Å². The lowest BCUT2D eigenvalue weighted by Crippen LogP contribution is -2.20. The van der Waals surface area contributed by atoms with Gasteiger partial charge >= 0.3 is 0 Å². The second-order valence-electron chi connectivity index (χ2n) is 2.81. The number of nitrogens with one attached hydrogen (secondary N) is 1. The Morgan fingerprint density at radius 1 is 1.67 bits per heavy atom. The zero-order chi connectivity index (χ0) is 8.97. The van der Waals surface area contributed by atoms with Gasteiger partial charge in [0.25, 0.3) is 0 Å². The van der Waals surface area contributed by atoms with Crippen molar-refractivity contribution in [3.63, 3.8) is 0 Å². The molecule has 0 aliphatic rings. The van der Waals surface area contributed by atoms with Crippen LogP contribution in [0.1, 0.15) is 23.5 Å². The summed E-state index contributed by atoms with van der Waals surface area (Å²) in [4.78, 5) is 1.25. The largest absolute Gasteiger partial charge is 0.387 e. The molecule has 68 valence electrons. The van der Waals surface area contributed by atoms with Crippen molar-refractivity contribution >= 4 is 11.3 Å². The Morgan fingerprint density at radius 2 is 2.42 bits per heavy atom. The molecule has 1 rings (SSSR count). The van der Waals surface area contributed by atoms with Crippen LogP contribution in [0.5, 0.6) is 0 Å².